The third-order valence-corrected chi connectivity index (χ3v) is 4.32. The van der Waals surface area contributed by atoms with Crippen LogP contribution >= 0.6 is 11.8 Å². The van der Waals surface area contributed by atoms with Gasteiger partial charge in [-0.25, -0.2) is 0 Å². The molecule has 1 aliphatic heterocycles. The second kappa shape index (κ2) is 7.54. The van der Waals surface area contributed by atoms with Crippen molar-refractivity contribution in [1.82, 2.24) is 4.90 Å². The summed E-state index contributed by atoms with van der Waals surface area (Å²) in [5.74, 6) is 1.20. The number of hydrogen-bond donors (Lipinski definition) is 0. The number of thioether (sulfide) groups is 1. The fraction of sp³-hybridized carbons (Fsp3) is 0.833. The lowest BCUT2D eigenvalue weighted by Crippen LogP contribution is -2.40. The molecular weight excluding hydrogens is 218 g/mol. The summed E-state index contributed by atoms with van der Waals surface area (Å²) < 4.78 is 0. The first kappa shape index (κ1) is 13.4. The molecule has 4 heteroatoms. The molecular formula is C12H19N3S. The van der Waals surface area contributed by atoms with Crippen LogP contribution in [0, 0.1) is 28.6 Å². The fourth-order valence-electron chi connectivity index (χ4n) is 1.94. The van der Waals surface area contributed by atoms with Crippen LogP contribution in [-0.4, -0.2) is 35.5 Å². The predicted octanol–water partition coefficient (Wildman–Crippen LogP) is 2.26. The van der Waals surface area contributed by atoms with Crippen LogP contribution in [0.15, 0.2) is 0 Å². The molecule has 0 spiro atoms. The highest BCUT2D eigenvalue weighted by Crippen LogP contribution is 2.22. The molecule has 16 heavy (non-hydrogen) atoms. The lowest BCUT2D eigenvalue weighted by Gasteiger charge is -2.32. The molecule has 0 amide bonds. The summed E-state index contributed by atoms with van der Waals surface area (Å²) in [7, 11) is 0. The quantitative estimate of drug-likeness (QED) is 0.736. The maximum atomic E-state index is 9.02. The molecule has 0 unspecified atom stereocenters. The van der Waals surface area contributed by atoms with Gasteiger partial charge in [-0.05, 0) is 12.8 Å². The molecule has 0 aliphatic carbocycles. The van der Waals surface area contributed by atoms with Gasteiger partial charge in [-0.3, -0.25) is 0 Å². The van der Waals surface area contributed by atoms with Gasteiger partial charge in [0, 0.05) is 37.1 Å². The van der Waals surface area contributed by atoms with Gasteiger partial charge in [-0.1, -0.05) is 6.92 Å². The Labute approximate surface area is 102 Å². The van der Waals surface area contributed by atoms with Crippen molar-refractivity contribution in [1.29, 1.82) is 10.5 Å². The number of nitrogens with zero attached hydrogens (tertiary/aromatic N) is 3. The molecule has 1 heterocycles. The molecule has 0 aromatic rings. The highest BCUT2D eigenvalue weighted by Gasteiger charge is 2.21. The second-order valence-electron chi connectivity index (χ2n) is 4.18. The SMILES string of the molecule is CC[C@@H]1CN(C[C@H](C#N)CCC#N)CCS1. The minimum absolute atomic E-state index is 0.0280. The van der Waals surface area contributed by atoms with E-state index in [-0.39, 0.29) is 5.92 Å². The highest BCUT2D eigenvalue weighted by molar-refractivity contribution is 8.00. The topological polar surface area (TPSA) is 50.8 Å². The Kier molecular flexibility index (Phi) is 6.30. The first-order valence-corrected chi connectivity index (χ1v) is 6.95. The summed E-state index contributed by atoms with van der Waals surface area (Å²) in [6, 6.07) is 4.43. The predicted molar refractivity (Wildman–Crippen MR) is 66.9 cm³/mol. The minimum Gasteiger partial charge on any atom is -0.300 e. The molecule has 1 fully saturated rings. The molecule has 2 atom stereocenters. The first-order valence-electron chi connectivity index (χ1n) is 5.90. The summed E-state index contributed by atoms with van der Waals surface area (Å²) in [5, 5.41) is 18.3. The Morgan fingerprint density at radius 1 is 1.50 bits per heavy atom. The molecule has 1 saturated heterocycles. The van der Waals surface area contributed by atoms with Gasteiger partial charge >= 0.3 is 0 Å². The molecule has 0 bridgehead atoms. The number of rotatable bonds is 5. The molecule has 0 saturated carbocycles. The van der Waals surface area contributed by atoms with Crippen LogP contribution in [0.25, 0.3) is 0 Å². The molecule has 88 valence electrons. The summed E-state index contributed by atoms with van der Waals surface area (Å²) in [5.41, 5.74) is 0. The van der Waals surface area contributed by atoms with E-state index in [9.17, 15) is 0 Å². The van der Waals surface area contributed by atoms with Crippen molar-refractivity contribution in [3.05, 3.63) is 0 Å². The normalized spacial score (nSPS) is 23.3. The van der Waals surface area contributed by atoms with E-state index < -0.39 is 0 Å². The van der Waals surface area contributed by atoms with Crippen molar-refractivity contribution in [2.24, 2.45) is 5.92 Å². The van der Waals surface area contributed by atoms with E-state index in [1.807, 2.05) is 11.8 Å². The third-order valence-electron chi connectivity index (χ3n) is 2.94. The average Bonchev–Trinajstić information content (AvgIpc) is 2.34. The van der Waals surface area contributed by atoms with Crippen molar-refractivity contribution < 1.29 is 0 Å². The van der Waals surface area contributed by atoms with E-state index in [4.69, 9.17) is 10.5 Å². The van der Waals surface area contributed by atoms with Gasteiger partial charge in [0.2, 0.25) is 0 Å². The van der Waals surface area contributed by atoms with E-state index in [1.165, 1.54) is 12.2 Å². The molecule has 1 rings (SSSR count). The smallest absolute Gasteiger partial charge is 0.0669 e. The van der Waals surface area contributed by atoms with Crippen LogP contribution in [0.2, 0.25) is 0 Å². The summed E-state index contributed by atoms with van der Waals surface area (Å²) in [4.78, 5) is 2.38. The maximum Gasteiger partial charge on any atom is 0.0669 e. The van der Waals surface area contributed by atoms with Gasteiger partial charge in [0.05, 0.1) is 18.1 Å². The highest BCUT2D eigenvalue weighted by atomic mass is 32.2. The third kappa shape index (κ3) is 4.43. The van der Waals surface area contributed by atoms with Crippen LogP contribution in [-0.2, 0) is 0 Å². The van der Waals surface area contributed by atoms with Crippen molar-refractivity contribution >= 4 is 11.8 Å². The molecule has 0 aromatic carbocycles. The largest absolute Gasteiger partial charge is 0.300 e. The van der Waals surface area contributed by atoms with Crippen molar-refractivity contribution in [2.45, 2.75) is 31.4 Å². The van der Waals surface area contributed by atoms with Crippen LogP contribution in [0.4, 0.5) is 0 Å². The second-order valence-corrected chi connectivity index (χ2v) is 5.59. The molecule has 3 nitrogen and oxygen atoms in total. The van der Waals surface area contributed by atoms with Gasteiger partial charge in [0.1, 0.15) is 0 Å². The van der Waals surface area contributed by atoms with E-state index in [1.54, 1.807) is 0 Å². The standard InChI is InChI=1S/C12H19N3S/c1-2-12-10-15(6-7-16-12)9-11(8-14)4-3-5-13/h11-12H,2-4,6-7,9-10H2,1H3/t11-,12+/m0/s1. The van der Waals surface area contributed by atoms with E-state index in [2.05, 4.69) is 24.0 Å². The zero-order valence-corrected chi connectivity index (χ0v) is 10.7. The van der Waals surface area contributed by atoms with E-state index in [0.717, 1.165) is 24.9 Å². The van der Waals surface area contributed by atoms with Crippen LogP contribution in [0.1, 0.15) is 26.2 Å². The fourth-order valence-corrected chi connectivity index (χ4v) is 3.19. The monoisotopic (exact) mass is 237 g/mol. The zero-order valence-electron chi connectivity index (χ0n) is 9.85. The Balaban J connectivity index is 2.34. The minimum atomic E-state index is 0.0280. The molecule has 1 aliphatic rings. The summed E-state index contributed by atoms with van der Waals surface area (Å²) in [6.45, 7) is 5.26. The van der Waals surface area contributed by atoms with Gasteiger partial charge < -0.3 is 4.90 Å². The average molecular weight is 237 g/mol. The number of nitriles is 2. The van der Waals surface area contributed by atoms with Crippen molar-refractivity contribution in [2.75, 3.05) is 25.4 Å². The van der Waals surface area contributed by atoms with E-state index >= 15 is 0 Å². The van der Waals surface area contributed by atoms with Crippen molar-refractivity contribution in [3.63, 3.8) is 0 Å². The van der Waals surface area contributed by atoms with Crippen LogP contribution in [0.3, 0.4) is 0 Å². The van der Waals surface area contributed by atoms with Gasteiger partial charge in [0.25, 0.3) is 0 Å². The Hall–Kier alpha value is -0.710. The molecule has 0 N–H and O–H groups in total. The van der Waals surface area contributed by atoms with Crippen LogP contribution in [0.5, 0.6) is 0 Å². The van der Waals surface area contributed by atoms with Crippen LogP contribution < -0.4 is 0 Å². The summed E-state index contributed by atoms with van der Waals surface area (Å²) in [6.07, 6.45) is 2.42. The first-order chi connectivity index (χ1) is 7.80. The Morgan fingerprint density at radius 3 is 2.94 bits per heavy atom. The van der Waals surface area contributed by atoms with Gasteiger partial charge in [0.15, 0.2) is 0 Å². The van der Waals surface area contributed by atoms with Gasteiger partial charge in [-0.2, -0.15) is 22.3 Å². The lowest BCUT2D eigenvalue weighted by atomic mass is 10.0. The number of hydrogen-bond acceptors (Lipinski definition) is 4. The van der Waals surface area contributed by atoms with E-state index in [0.29, 0.717) is 12.8 Å². The Morgan fingerprint density at radius 2 is 2.31 bits per heavy atom. The molecule has 0 aromatic heterocycles. The lowest BCUT2D eigenvalue weighted by molar-refractivity contribution is 0.252. The molecule has 0 radical (unpaired) electrons. The summed E-state index contributed by atoms with van der Waals surface area (Å²) >= 11 is 2.04. The Bertz CT molecular complexity index is 279. The van der Waals surface area contributed by atoms with Gasteiger partial charge in [-0.15, -0.1) is 0 Å². The maximum absolute atomic E-state index is 9.02. The zero-order chi connectivity index (χ0) is 11.8. The van der Waals surface area contributed by atoms with Crippen molar-refractivity contribution in [3.8, 4) is 12.1 Å².